The zero-order valence-electron chi connectivity index (χ0n) is 9.48. The van der Waals surface area contributed by atoms with Crippen LogP contribution in [0.3, 0.4) is 0 Å². The van der Waals surface area contributed by atoms with Crippen molar-refractivity contribution < 1.29 is 4.74 Å². The minimum Gasteiger partial charge on any atom is -0.472 e. The summed E-state index contributed by atoms with van der Waals surface area (Å²) in [5.74, 6) is 0.458. The van der Waals surface area contributed by atoms with Gasteiger partial charge in [0.25, 0.3) is 0 Å². The standard InChI is InChI=1S/C13H13ClN2O/c1-15-12-7-3-2-5-10(12)9-17-13-11(14)6-4-8-16-13/h2-8,15H,9H2,1H3. The van der Waals surface area contributed by atoms with Gasteiger partial charge in [0.15, 0.2) is 0 Å². The highest BCUT2D eigenvalue weighted by atomic mass is 35.5. The van der Waals surface area contributed by atoms with Crippen LogP contribution >= 0.6 is 11.6 Å². The fourth-order valence-corrected chi connectivity index (χ4v) is 1.69. The molecule has 2 aromatic rings. The van der Waals surface area contributed by atoms with E-state index < -0.39 is 0 Å². The van der Waals surface area contributed by atoms with Crippen molar-refractivity contribution in [3.63, 3.8) is 0 Å². The molecule has 1 aromatic heterocycles. The van der Waals surface area contributed by atoms with Crippen LogP contribution < -0.4 is 10.1 Å². The number of nitrogens with zero attached hydrogens (tertiary/aromatic N) is 1. The van der Waals surface area contributed by atoms with E-state index in [4.69, 9.17) is 16.3 Å². The molecule has 0 unspecified atom stereocenters. The highest BCUT2D eigenvalue weighted by Gasteiger charge is 2.04. The fourth-order valence-electron chi connectivity index (χ4n) is 1.51. The van der Waals surface area contributed by atoms with Crippen molar-refractivity contribution in [1.29, 1.82) is 0 Å². The molecule has 0 saturated heterocycles. The van der Waals surface area contributed by atoms with Crippen LogP contribution in [0, 0.1) is 0 Å². The first kappa shape index (κ1) is 11.7. The quantitative estimate of drug-likeness (QED) is 0.901. The monoisotopic (exact) mass is 248 g/mol. The Balaban J connectivity index is 2.10. The second kappa shape index (κ2) is 5.55. The number of aromatic nitrogens is 1. The van der Waals surface area contributed by atoms with Gasteiger partial charge in [0.05, 0.1) is 0 Å². The fraction of sp³-hybridized carbons (Fsp3) is 0.154. The van der Waals surface area contributed by atoms with Crippen molar-refractivity contribution in [2.24, 2.45) is 0 Å². The zero-order valence-corrected chi connectivity index (χ0v) is 10.2. The lowest BCUT2D eigenvalue weighted by atomic mass is 10.2. The first-order chi connectivity index (χ1) is 8.31. The molecule has 0 saturated carbocycles. The predicted molar refractivity (Wildman–Crippen MR) is 69.6 cm³/mol. The Bertz CT molecular complexity index is 502. The van der Waals surface area contributed by atoms with E-state index in [1.165, 1.54) is 0 Å². The number of hydrogen-bond donors (Lipinski definition) is 1. The molecule has 0 atom stereocenters. The van der Waals surface area contributed by atoms with E-state index in [0.717, 1.165) is 11.3 Å². The molecule has 88 valence electrons. The summed E-state index contributed by atoms with van der Waals surface area (Å²) in [6, 6.07) is 11.5. The maximum Gasteiger partial charge on any atom is 0.232 e. The lowest BCUT2D eigenvalue weighted by Crippen LogP contribution is -2.01. The summed E-state index contributed by atoms with van der Waals surface area (Å²) < 4.78 is 5.58. The Hall–Kier alpha value is -1.74. The molecule has 0 bridgehead atoms. The Morgan fingerprint density at radius 3 is 2.82 bits per heavy atom. The van der Waals surface area contributed by atoms with Crippen molar-refractivity contribution in [2.45, 2.75) is 6.61 Å². The zero-order chi connectivity index (χ0) is 12.1. The van der Waals surface area contributed by atoms with Crippen molar-refractivity contribution in [3.8, 4) is 5.88 Å². The molecule has 17 heavy (non-hydrogen) atoms. The molecule has 3 nitrogen and oxygen atoms in total. The molecule has 0 aliphatic carbocycles. The summed E-state index contributed by atoms with van der Waals surface area (Å²) in [5.41, 5.74) is 2.11. The number of anilines is 1. The molecule has 0 amide bonds. The van der Waals surface area contributed by atoms with Gasteiger partial charge in [-0.15, -0.1) is 0 Å². The second-order valence-electron chi connectivity index (χ2n) is 3.49. The number of ether oxygens (including phenoxy) is 1. The molecule has 0 radical (unpaired) electrons. The molecule has 0 aliphatic rings. The lowest BCUT2D eigenvalue weighted by molar-refractivity contribution is 0.294. The van der Waals surface area contributed by atoms with Crippen LogP contribution in [0.4, 0.5) is 5.69 Å². The molecule has 1 N–H and O–H groups in total. The number of halogens is 1. The maximum absolute atomic E-state index is 5.96. The Labute approximate surface area is 105 Å². The van der Waals surface area contributed by atoms with Gasteiger partial charge in [-0.3, -0.25) is 0 Å². The van der Waals surface area contributed by atoms with E-state index in [9.17, 15) is 0 Å². The van der Waals surface area contributed by atoms with Crippen LogP contribution in [0.5, 0.6) is 5.88 Å². The molecule has 1 heterocycles. The van der Waals surface area contributed by atoms with Crippen molar-refractivity contribution in [1.82, 2.24) is 4.98 Å². The molecule has 2 rings (SSSR count). The summed E-state index contributed by atoms with van der Waals surface area (Å²) in [6.45, 7) is 0.438. The minimum absolute atomic E-state index is 0.438. The average molecular weight is 249 g/mol. The number of pyridine rings is 1. The molecular weight excluding hydrogens is 236 g/mol. The van der Waals surface area contributed by atoms with Gasteiger partial charge >= 0.3 is 0 Å². The summed E-state index contributed by atoms with van der Waals surface area (Å²) in [5, 5.41) is 3.64. The Morgan fingerprint density at radius 1 is 1.24 bits per heavy atom. The van der Waals surface area contributed by atoms with E-state index in [2.05, 4.69) is 10.3 Å². The molecular formula is C13H13ClN2O. The highest BCUT2D eigenvalue weighted by molar-refractivity contribution is 6.31. The maximum atomic E-state index is 5.96. The van der Waals surface area contributed by atoms with Crippen LogP contribution in [0.2, 0.25) is 5.02 Å². The highest BCUT2D eigenvalue weighted by Crippen LogP contribution is 2.22. The first-order valence-corrected chi connectivity index (χ1v) is 5.68. The van der Waals surface area contributed by atoms with Crippen LogP contribution in [0.25, 0.3) is 0 Å². The van der Waals surface area contributed by atoms with Crippen LogP contribution in [-0.2, 0) is 6.61 Å². The summed E-state index contributed by atoms with van der Waals surface area (Å²) in [7, 11) is 1.88. The predicted octanol–water partition coefficient (Wildman–Crippen LogP) is 3.36. The topological polar surface area (TPSA) is 34.1 Å². The molecule has 0 spiro atoms. The van der Waals surface area contributed by atoms with Gasteiger partial charge in [-0.25, -0.2) is 4.98 Å². The van der Waals surface area contributed by atoms with E-state index in [-0.39, 0.29) is 0 Å². The normalized spacial score (nSPS) is 10.0. The molecule has 0 aliphatic heterocycles. The van der Waals surface area contributed by atoms with Gasteiger partial charge in [-0.05, 0) is 18.2 Å². The summed E-state index contributed by atoms with van der Waals surface area (Å²) in [6.07, 6.45) is 1.66. The van der Waals surface area contributed by atoms with Gasteiger partial charge in [0, 0.05) is 24.5 Å². The lowest BCUT2D eigenvalue weighted by Gasteiger charge is -2.10. The molecule has 4 heteroatoms. The van der Waals surface area contributed by atoms with E-state index in [1.54, 1.807) is 18.3 Å². The summed E-state index contributed by atoms with van der Waals surface area (Å²) >= 11 is 5.96. The number of benzene rings is 1. The Morgan fingerprint density at radius 2 is 2.06 bits per heavy atom. The molecule has 0 fully saturated rings. The molecule has 1 aromatic carbocycles. The van der Waals surface area contributed by atoms with E-state index in [1.807, 2.05) is 31.3 Å². The van der Waals surface area contributed by atoms with Crippen LogP contribution in [-0.4, -0.2) is 12.0 Å². The van der Waals surface area contributed by atoms with Gasteiger partial charge in [-0.1, -0.05) is 29.8 Å². The average Bonchev–Trinajstić information content (AvgIpc) is 2.38. The number of rotatable bonds is 4. The Kier molecular flexibility index (Phi) is 3.83. The number of hydrogen-bond acceptors (Lipinski definition) is 3. The van der Waals surface area contributed by atoms with E-state index in [0.29, 0.717) is 17.5 Å². The third kappa shape index (κ3) is 2.88. The number of para-hydroxylation sites is 1. The second-order valence-corrected chi connectivity index (χ2v) is 3.89. The van der Waals surface area contributed by atoms with Crippen molar-refractivity contribution in [2.75, 3.05) is 12.4 Å². The van der Waals surface area contributed by atoms with E-state index >= 15 is 0 Å². The summed E-state index contributed by atoms with van der Waals surface area (Å²) in [4.78, 5) is 4.07. The van der Waals surface area contributed by atoms with Gasteiger partial charge in [-0.2, -0.15) is 0 Å². The third-order valence-corrected chi connectivity index (χ3v) is 2.66. The van der Waals surface area contributed by atoms with Crippen LogP contribution in [0.1, 0.15) is 5.56 Å². The van der Waals surface area contributed by atoms with Crippen LogP contribution in [0.15, 0.2) is 42.6 Å². The smallest absolute Gasteiger partial charge is 0.232 e. The third-order valence-electron chi connectivity index (χ3n) is 2.38. The van der Waals surface area contributed by atoms with Crippen molar-refractivity contribution >= 4 is 17.3 Å². The first-order valence-electron chi connectivity index (χ1n) is 5.30. The van der Waals surface area contributed by atoms with Gasteiger partial charge in [0.2, 0.25) is 5.88 Å². The van der Waals surface area contributed by atoms with Crippen molar-refractivity contribution in [3.05, 3.63) is 53.2 Å². The largest absolute Gasteiger partial charge is 0.472 e. The minimum atomic E-state index is 0.438. The number of nitrogens with one attached hydrogen (secondary N) is 1. The van der Waals surface area contributed by atoms with Gasteiger partial charge < -0.3 is 10.1 Å². The SMILES string of the molecule is CNc1ccccc1COc1ncccc1Cl. The van der Waals surface area contributed by atoms with Gasteiger partial charge in [0.1, 0.15) is 11.6 Å².